The lowest BCUT2D eigenvalue weighted by Crippen LogP contribution is -2.26. The maximum absolute atomic E-state index is 13.9. The van der Waals surface area contributed by atoms with Crippen LogP contribution in [-0.4, -0.2) is 22.8 Å². The number of benzene rings is 1. The Morgan fingerprint density at radius 2 is 2.13 bits per heavy atom. The normalized spacial score (nSPS) is 11.1. The summed E-state index contributed by atoms with van der Waals surface area (Å²) in [5, 5.41) is 0.975. The van der Waals surface area contributed by atoms with Crippen molar-refractivity contribution in [2.75, 3.05) is 7.05 Å². The molecule has 3 nitrogen and oxygen atoms in total. The Kier molecular flexibility index (Phi) is 5.92. The van der Waals surface area contributed by atoms with Gasteiger partial charge in [0.25, 0.3) is 5.91 Å². The molecule has 0 fully saturated rings. The number of hydrogen-bond acceptors (Lipinski definition) is 3. The van der Waals surface area contributed by atoms with E-state index in [1.54, 1.807) is 19.2 Å². The number of thiazole rings is 1. The summed E-state index contributed by atoms with van der Waals surface area (Å²) in [5.74, 6) is 0.0701. The number of halogens is 2. The van der Waals surface area contributed by atoms with E-state index in [1.807, 2.05) is 6.92 Å². The zero-order valence-corrected chi connectivity index (χ0v) is 16.1. The second kappa shape index (κ2) is 7.53. The first-order valence-electron chi connectivity index (χ1n) is 7.43. The number of rotatable bonds is 5. The maximum Gasteiger partial charge on any atom is 0.265 e. The third-order valence-corrected chi connectivity index (χ3v) is 5.04. The van der Waals surface area contributed by atoms with Crippen molar-refractivity contribution in [1.82, 2.24) is 9.88 Å². The molecule has 2 aromatic rings. The van der Waals surface area contributed by atoms with Crippen LogP contribution >= 0.6 is 27.3 Å². The van der Waals surface area contributed by atoms with Crippen molar-refractivity contribution in [2.45, 2.75) is 33.7 Å². The summed E-state index contributed by atoms with van der Waals surface area (Å²) < 4.78 is 14.6. The molecule has 0 saturated carbocycles. The second-order valence-corrected chi connectivity index (χ2v) is 8.02. The molecule has 0 bridgehead atoms. The van der Waals surface area contributed by atoms with E-state index in [2.05, 4.69) is 34.8 Å². The van der Waals surface area contributed by atoms with Gasteiger partial charge in [-0.2, -0.15) is 0 Å². The van der Waals surface area contributed by atoms with Gasteiger partial charge in [0.2, 0.25) is 0 Å². The molecular weight excluding hydrogens is 379 g/mol. The summed E-state index contributed by atoms with van der Waals surface area (Å²) >= 11 is 4.76. The number of aromatic nitrogens is 1. The van der Waals surface area contributed by atoms with Crippen molar-refractivity contribution >= 4 is 33.2 Å². The van der Waals surface area contributed by atoms with Crippen LogP contribution in [0.5, 0.6) is 0 Å². The number of aryl methyl sites for hydroxylation is 1. The SMILES string of the molecule is Cc1nc(CC(C)C)sc1C(=O)N(C)Cc1cc(Br)ccc1F. The first-order chi connectivity index (χ1) is 10.8. The van der Waals surface area contributed by atoms with Gasteiger partial charge in [-0.25, -0.2) is 9.37 Å². The molecule has 1 heterocycles. The molecule has 0 spiro atoms. The first-order valence-corrected chi connectivity index (χ1v) is 9.04. The minimum atomic E-state index is -0.311. The van der Waals surface area contributed by atoms with Crippen LogP contribution in [0.3, 0.4) is 0 Å². The molecule has 2 rings (SSSR count). The Bertz CT molecular complexity index is 715. The highest BCUT2D eigenvalue weighted by Gasteiger charge is 2.20. The minimum absolute atomic E-state index is 0.116. The van der Waals surface area contributed by atoms with Crippen LogP contribution < -0.4 is 0 Å². The van der Waals surface area contributed by atoms with E-state index in [9.17, 15) is 9.18 Å². The monoisotopic (exact) mass is 398 g/mol. The fourth-order valence-corrected chi connectivity index (χ4v) is 3.93. The van der Waals surface area contributed by atoms with Crippen molar-refractivity contribution in [3.05, 3.63) is 49.6 Å². The molecule has 0 saturated heterocycles. The van der Waals surface area contributed by atoms with Gasteiger partial charge in [0.1, 0.15) is 10.7 Å². The lowest BCUT2D eigenvalue weighted by molar-refractivity contribution is 0.0787. The van der Waals surface area contributed by atoms with Gasteiger partial charge in [-0.15, -0.1) is 11.3 Å². The molecule has 1 aromatic carbocycles. The maximum atomic E-state index is 13.9. The Balaban J connectivity index is 2.16. The Labute approximate surface area is 148 Å². The van der Waals surface area contributed by atoms with Gasteiger partial charge < -0.3 is 4.90 Å². The standard InChI is InChI=1S/C17H20BrFN2OS/c1-10(2)7-15-20-11(3)16(23-15)17(22)21(4)9-12-8-13(18)5-6-14(12)19/h5-6,8,10H,7,9H2,1-4H3. The molecule has 1 aromatic heterocycles. The van der Waals surface area contributed by atoms with Gasteiger partial charge in [-0.05, 0) is 31.0 Å². The average Bonchev–Trinajstić information content (AvgIpc) is 2.81. The molecular formula is C17H20BrFN2OS. The van der Waals surface area contributed by atoms with E-state index in [1.165, 1.54) is 22.3 Å². The number of amides is 1. The predicted molar refractivity (Wildman–Crippen MR) is 95.3 cm³/mol. The predicted octanol–water partition coefficient (Wildman–Crippen LogP) is 4.82. The van der Waals surface area contributed by atoms with Crippen LogP contribution in [0.1, 0.15) is 39.8 Å². The van der Waals surface area contributed by atoms with Gasteiger partial charge in [0.05, 0.1) is 10.7 Å². The van der Waals surface area contributed by atoms with Crippen molar-refractivity contribution in [3.8, 4) is 0 Å². The lowest BCUT2D eigenvalue weighted by atomic mass is 10.1. The van der Waals surface area contributed by atoms with E-state index in [0.29, 0.717) is 16.4 Å². The smallest absolute Gasteiger partial charge is 0.265 e. The summed E-state index contributed by atoms with van der Waals surface area (Å²) in [7, 11) is 1.68. The van der Waals surface area contributed by atoms with Crippen molar-refractivity contribution in [3.63, 3.8) is 0 Å². The molecule has 6 heteroatoms. The van der Waals surface area contributed by atoms with Crippen LogP contribution in [0.2, 0.25) is 0 Å². The molecule has 0 N–H and O–H groups in total. The Hall–Kier alpha value is -1.27. The van der Waals surface area contributed by atoms with Crippen molar-refractivity contribution < 1.29 is 9.18 Å². The summed E-state index contributed by atoms with van der Waals surface area (Å²) in [6.07, 6.45) is 0.864. The second-order valence-electron chi connectivity index (χ2n) is 6.02. The van der Waals surface area contributed by atoms with Crippen molar-refractivity contribution in [2.24, 2.45) is 5.92 Å². The van der Waals surface area contributed by atoms with Crippen LogP contribution in [-0.2, 0) is 13.0 Å². The van der Waals surface area contributed by atoms with Crippen LogP contribution in [0.25, 0.3) is 0 Å². The quantitative estimate of drug-likeness (QED) is 0.722. The molecule has 0 aliphatic heterocycles. The van der Waals surface area contributed by atoms with Gasteiger partial charge >= 0.3 is 0 Å². The molecule has 0 atom stereocenters. The van der Waals surface area contributed by atoms with E-state index in [4.69, 9.17) is 0 Å². The van der Waals surface area contributed by atoms with E-state index >= 15 is 0 Å². The fraction of sp³-hybridized carbons (Fsp3) is 0.412. The highest BCUT2D eigenvalue weighted by Crippen LogP contribution is 2.23. The summed E-state index contributed by atoms with van der Waals surface area (Å²) in [5.41, 5.74) is 1.23. The molecule has 0 aliphatic carbocycles. The third-order valence-electron chi connectivity index (χ3n) is 3.38. The van der Waals surface area contributed by atoms with Gasteiger partial charge in [0, 0.05) is 30.0 Å². The summed E-state index contributed by atoms with van der Waals surface area (Å²) in [6, 6.07) is 4.74. The average molecular weight is 399 g/mol. The largest absolute Gasteiger partial charge is 0.337 e. The molecule has 23 heavy (non-hydrogen) atoms. The van der Waals surface area contributed by atoms with Gasteiger partial charge in [-0.3, -0.25) is 4.79 Å². The minimum Gasteiger partial charge on any atom is -0.337 e. The van der Waals surface area contributed by atoms with E-state index in [0.717, 1.165) is 21.6 Å². The van der Waals surface area contributed by atoms with Crippen molar-refractivity contribution in [1.29, 1.82) is 0 Å². The fourth-order valence-electron chi connectivity index (χ4n) is 2.25. The molecule has 124 valence electrons. The van der Waals surface area contributed by atoms with Crippen LogP contribution in [0.15, 0.2) is 22.7 Å². The lowest BCUT2D eigenvalue weighted by Gasteiger charge is -2.17. The Morgan fingerprint density at radius 1 is 1.43 bits per heavy atom. The first kappa shape index (κ1) is 18.1. The zero-order valence-electron chi connectivity index (χ0n) is 13.7. The summed E-state index contributed by atoms with van der Waals surface area (Å²) in [6.45, 7) is 6.32. The highest BCUT2D eigenvalue weighted by atomic mass is 79.9. The van der Waals surface area contributed by atoms with Gasteiger partial charge in [0.15, 0.2) is 0 Å². The third kappa shape index (κ3) is 4.61. The highest BCUT2D eigenvalue weighted by molar-refractivity contribution is 9.10. The van der Waals surface area contributed by atoms with E-state index < -0.39 is 0 Å². The molecule has 0 radical (unpaired) electrons. The van der Waals surface area contributed by atoms with E-state index in [-0.39, 0.29) is 18.3 Å². The molecule has 1 amide bonds. The van der Waals surface area contributed by atoms with Crippen LogP contribution in [0, 0.1) is 18.7 Å². The van der Waals surface area contributed by atoms with Gasteiger partial charge in [-0.1, -0.05) is 29.8 Å². The summed E-state index contributed by atoms with van der Waals surface area (Å²) in [4.78, 5) is 19.3. The number of carbonyl (C=O) groups is 1. The molecule has 0 aliphatic rings. The number of hydrogen-bond donors (Lipinski definition) is 0. The molecule has 0 unspecified atom stereocenters. The van der Waals surface area contributed by atoms with Crippen LogP contribution in [0.4, 0.5) is 4.39 Å². The topological polar surface area (TPSA) is 33.2 Å². The Morgan fingerprint density at radius 3 is 2.78 bits per heavy atom. The number of nitrogens with zero attached hydrogens (tertiary/aromatic N) is 2. The zero-order chi connectivity index (χ0) is 17.1. The number of carbonyl (C=O) groups excluding carboxylic acids is 1.